The van der Waals surface area contributed by atoms with E-state index >= 15 is 0 Å². The van der Waals surface area contributed by atoms with Crippen molar-refractivity contribution in [2.24, 2.45) is 5.92 Å². The van der Waals surface area contributed by atoms with E-state index < -0.39 is 0 Å². The minimum absolute atomic E-state index is 0.321. The van der Waals surface area contributed by atoms with E-state index in [1.807, 2.05) is 13.8 Å². The molecule has 0 saturated carbocycles. The van der Waals surface area contributed by atoms with Crippen LogP contribution in [0.25, 0.3) is 0 Å². The summed E-state index contributed by atoms with van der Waals surface area (Å²) in [5.74, 6) is 0.577. The molecule has 1 aromatic carbocycles. The zero-order chi connectivity index (χ0) is 10.6. The average Bonchev–Trinajstić information content (AvgIpc) is 2.64. The molecule has 14 heavy (non-hydrogen) atoms. The van der Waals surface area contributed by atoms with Crippen molar-refractivity contribution in [1.82, 2.24) is 0 Å². The van der Waals surface area contributed by atoms with E-state index in [-0.39, 0.29) is 0 Å². The van der Waals surface area contributed by atoms with Gasteiger partial charge in [-0.15, -0.1) is 0 Å². The molecule has 0 aliphatic carbocycles. The molecule has 0 bridgehead atoms. The predicted molar refractivity (Wildman–Crippen MR) is 60.2 cm³/mol. The molecule has 0 saturated heterocycles. The molecule has 0 spiro atoms. The predicted octanol–water partition coefficient (Wildman–Crippen LogP) is 3.94. The quantitative estimate of drug-likeness (QED) is 0.655. The van der Waals surface area contributed by atoms with E-state index in [1.165, 1.54) is 11.1 Å². The third-order valence-corrected chi connectivity index (χ3v) is 2.39. The Morgan fingerprint density at radius 1 is 1.21 bits per heavy atom. The van der Waals surface area contributed by atoms with E-state index in [1.54, 1.807) is 0 Å². The lowest BCUT2D eigenvalue weighted by Crippen LogP contribution is -2.03. The van der Waals surface area contributed by atoms with Gasteiger partial charge in [-0.2, -0.15) is 0 Å². The second kappa shape index (κ2) is 5.16. The third-order valence-electron chi connectivity index (χ3n) is 2.39. The van der Waals surface area contributed by atoms with Crippen LogP contribution < -0.4 is 0 Å². The Balaban J connectivity index is 0.000000461. The maximum Gasteiger partial charge on any atom is 0.0855 e. The van der Waals surface area contributed by atoms with Crippen molar-refractivity contribution in [2.45, 2.75) is 40.4 Å². The van der Waals surface area contributed by atoms with Gasteiger partial charge >= 0.3 is 0 Å². The molecule has 1 unspecified atom stereocenters. The Kier molecular flexibility index (Phi) is 4.15. The summed E-state index contributed by atoms with van der Waals surface area (Å²) in [7, 11) is 0. The summed E-state index contributed by atoms with van der Waals surface area (Å²) in [4.78, 5) is 0. The summed E-state index contributed by atoms with van der Waals surface area (Å²) in [6.07, 6.45) is 0.321. The Hall–Kier alpha value is -0.820. The van der Waals surface area contributed by atoms with Crippen molar-refractivity contribution in [3.8, 4) is 0 Å². The number of rotatable bonds is 1. The highest BCUT2D eigenvalue weighted by Gasteiger charge is 2.24. The Morgan fingerprint density at radius 2 is 1.86 bits per heavy atom. The maximum atomic E-state index is 5.68. The highest BCUT2D eigenvalue weighted by molar-refractivity contribution is 5.31. The lowest BCUT2D eigenvalue weighted by Gasteiger charge is -2.14. The zero-order valence-corrected chi connectivity index (χ0v) is 9.58. The standard InChI is InChI=1S/C11H14O.C2H6/c1-8(2)11-10-6-4-3-5-9(10)7-12-11;1-2/h3-6,8,11H,7H2,1-2H3;1-2H3. The fraction of sp³-hybridized carbons (Fsp3) is 0.538. The van der Waals surface area contributed by atoms with E-state index in [9.17, 15) is 0 Å². The normalized spacial score (nSPS) is 18.8. The number of hydrogen-bond acceptors (Lipinski definition) is 1. The molecule has 1 atom stereocenters. The van der Waals surface area contributed by atoms with Crippen molar-refractivity contribution in [2.75, 3.05) is 0 Å². The number of ether oxygens (including phenoxy) is 1. The van der Waals surface area contributed by atoms with Crippen LogP contribution in [-0.4, -0.2) is 0 Å². The number of fused-ring (bicyclic) bond motifs is 1. The van der Waals surface area contributed by atoms with Crippen LogP contribution in [0, 0.1) is 5.92 Å². The highest BCUT2D eigenvalue weighted by Crippen LogP contribution is 2.35. The molecule has 0 radical (unpaired) electrons. The van der Waals surface area contributed by atoms with Gasteiger partial charge in [-0.1, -0.05) is 52.0 Å². The topological polar surface area (TPSA) is 9.23 Å². The summed E-state index contributed by atoms with van der Waals surface area (Å²) in [5.41, 5.74) is 2.74. The van der Waals surface area contributed by atoms with Crippen LogP contribution in [-0.2, 0) is 11.3 Å². The monoisotopic (exact) mass is 192 g/mol. The van der Waals surface area contributed by atoms with Crippen LogP contribution in [0.3, 0.4) is 0 Å². The first kappa shape index (κ1) is 11.3. The minimum Gasteiger partial charge on any atom is -0.369 e. The van der Waals surface area contributed by atoms with Crippen LogP contribution in [0.15, 0.2) is 24.3 Å². The SMILES string of the molecule is CC.CC(C)C1OCc2ccccc21. The van der Waals surface area contributed by atoms with Crippen molar-refractivity contribution in [3.63, 3.8) is 0 Å². The summed E-state index contributed by atoms with van der Waals surface area (Å²) < 4.78 is 5.68. The van der Waals surface area contributed by atoms with Crippen LogP contribution >= 0.6 is 0 Å². The average molecular weight is 192 g/mol. The molecule has 1 aliphatic heterocycles. The molecule has 1 aromatic rings. The van der Waals surface area contributed by atoms with E-state index in [0.717, 1.165) is 6.61 Å². The first-order valence-corrected chi connectivity index (χ1v) is 5.48. The van der Waals surface area contributed by atoms with Gasteiger partial charge in [-0.05, 0) is 17.0 Å². The van der Waals surface area contributed by atoms with Crippen molar-refractivity contribution < 1.29 is 4.74 Å². The molecule has 1 nitrogen and oxygen atoms in total. The fourth-order valence-electron chi connectivity index (χ4n) is 1.76. The summed E-state index contributed by atoms with van der Waals surface area (Å²) in [5, 5.41) is 0. The first-order chi connectivity index (χ1) is 6.79. The molecule has 0 N–H and O–H groups in total. The largest absolute Gasteiger partial charge is 0.369 e. The van der Waals surface area contributed by atoms with Crippen LogP contribution in [0.1, 0.15) is 44.9 Å². The lowest BCUT2D eigenvalue weighted by molar-refractivity contribution is 0.0341. The Morgan fingerprint density at radius 3 is 2.50 bits per heavy atom. The first-order valence-electron chi connectivity index (χ1n) is 5.48. The number of benzene rings is 1. The van der Waals surface area contributed by atoms with Gasteiger partial charge in [0.1, 0.15) is 0 Å². The minimum atomic E-state index is 0.321. The van der Waals surface area contributed by atoms with Gasteiger partial charge in [-0.3, -0.25) is 0 Å². The molecule has 1 heteroatoms. The van der Waals surface area contributed by atoms with Gasteiger partial charge in [0.25, 0.3) is 0 Å². The summed E-state index contributed by atoms with van der Waals surface area (Å²) in [6.45, 7) is 9.19. The summed E-state index contributed by atoms with van der Waals surface area (Å²) in [6, 6.07) is 8.48. The van der Waals surface area contributed by atoms with Gasteiger partial charge in [0, 0.05) is 0 Å². The van der Waals surface area contributed by atoms with E-state index in [0.29, 0.717) is 12.0 Å². The van der Waals surface area contributed by atoms with Crippen LogP contribution in [0.5, 0.6) is 0 Å². The molecule has 1 heterocycles. The molecule has 1 aliphatic rings. The molecule has 0 aromatic heterocycles. The molecular weight excluding hydrogens is 172 g/mol. The van der Waals surface area contributed by atoms with Gasteiger partial charge in [0.05, 0.1) is 12.7 Å². The smallest absolute Gasteiger partial charge is 0.0855 e. The Bertz CT molecular complexity index is 278. The number of hydrogen-bond donors (Lipinski definition) is 0. The summed E-state index contributed by atoms with van der Waals surface area (Å²) >= 11 is 0. The van der Waals surface area contributed by atoms with Crippen molar-refractivity contribution in [1.29, 1.82) is 0 Å². The second-order valence-electron chi connectivity index (χ2n) is 3.67. The molecular formula is C13H20O. The molecule has 2 rings (SSSR count). The van der Waals surface area contributed by atoms with Crippen LogP contribution in [0.4, 0.5) is 0 Å². The van der Waals surface area contributed by atoms with Crippen molar-refractivity contribution in [3.05, 3.63) is 35.4 Å². The molecule has 0 fully saturated rings. The lowest BCUT2D eigenvalue weighted by atomic mass is 9.98. The third kappa shape index (κ3) is 2.16. The van der Waals surface area contributed by atoms with Gasteiger partial charge < -0.3 is 4.74 Å². The van der Waals surface area contributed by atoms with Gasteiger partial charge in [-0.25, -0.2) is 0 Å². The van der Waals surface area contributed by atoms with E-state index in [2.05, 4.69) is 38.1 Å². The zero-order valence-electron chi connectivity index (χ0n) is 9.58. The van der Waals surface area contributed by atoms with Crippen molar-refractivity contribution >= 4 is 0 Å². The Labute approximate surface area is 87.1 Å². The van der Waals surface area contributed by atoms with E-state index in [4.69, 9.17) is 4.74 Å². The van der Waals surface area contributed by atoms with Crippen LogP contribution in [0.2, 0.25) is 0 Å². The maximum absolute atomic E-state index is 5.68. The van der Waals surface area contributed by atoms with Gasteiger partial charge in [0.2, 0.25) is 0 Å². The highest BCUT2D eigenvalue weighted by atomic mass is 16.5. The van der Waals surface area contributed by atoms with Gasteiger partial charge in [0.15, 0.2) is 0 Å². The molecule has 0 amide bonds. The molecule has 78 valence electrons. The fourth-order valence-corrected chi connectivity index (χ4v) is 1.76. The second-order valence-corrected chi connectivity index (χ2v) is 3.67.